The monoisotopic (exact) mass is 342 g/mol. The lowest BCUT2D eigenvalue weighted by Crippen LogP contribution is -2.55. The molecule has 4 aliphatic carbocycles. The Morgan fingerprint density at radius 3 is 2.76 bits per heavy atom. The molecule has 0 aromatic heterocycles. The number of ketones is 1. The van der Waals surface area contributed by atoms with Crippen molar-refractivity contribution in [1.29, 1.82) is 0 Å². The first-order valence-corrected chi connectivity index (χ1v) is 9.31. The van der Waals surface area contributed by atoms with Crippen molar-refractivity contribution in [2.75, 3.05) is 0 Å². The van der Waals surface area contributed by atoms with Crippen LogP contribution in [0.2, 0.25) is 0 Å². The van der Waals surface area contributed by atoms with Gasteiger partial charge >= 0.3 is 0 Å². The van der Waals surface area contributed by atoms with Gasteiger partial charge in [0.1, 0.15) is 0 Å². The van der Waals surface area contributed by atoms with E-state index < -0.39 is 6.10 Å². The second-order valence-electron chi connectivity index (χ2n) is 8.73. The number of allylic oxidation sites excluding steroid dienone is 6. The van der Waals surface area contributed by atoms with Gasteiger partial charge in [-0.1, -0.05) is 25.5 Å². The van der Waals surface area contributed by atoms with Crippen molar-refractivity contribution >= 4 is 12.1 Å². The molecule has 0 heterocycles. The maximum atomic E-state index is 11.8. The first kappa shape index (κ1) is 16.8. The molecular formula is C21H26O4. The van der Waals surface area contributed by atoms with Gasteiger partial charge in [0.05, 0.1) is 6.10 Å². The standard InChI is InChI=1S/C21H26O4/c1-20-8-7-13(23)9-12(20)3-4-14-15-5-6-16(18(25)11-22)21(15,2)10-17(24)19(14)20/h7-9,11,14-15,17,19,24-25H,3-6,10H2,1-2H3/b18-16+/t14-,15-,17-,19+,20-,21-/m0/s1. The molecule has 4 aliphatic rings. The van der Waals surface area contributed by atoms with Gasteiger partial charge in [-0.25, -0.2) is 0 Å². The molecule has 4 nitrogen and oxygen atoms in total. The summed E-state index contributed by atoms with van der Waals surface area (Å²) >= 11 is 0. The SMILES string of the molecule is C[C@]12C=CC(=O)C=C1CC[C@@H]1[C@@H]2[C@@H](O)C[C@]2(C)/C(=C(/O)C=O)CC[C@@H]12. The Morgan fingerprint density at radius 1 is 1.28 bits per heavy atom. The second-order valence-corrected chi connectivity index (χ2v) is 8.73. The zero-order chi connectivity index (χ0) is 18.0. The van der Waals surface area contributed by atoms with Gasteiger partial charge in [-0.05, 0) is 67.1 Å². The van der Waals surface area contributed by atoms with Gasteiger partial charge in [-0.15, -0.1) is 0 Å². The van der Waals surface area contributed by atoms with E-state index in [0.29, 0.717) is 24.5 Å². The van der Waals surface area contributed by atoms with Crippen LogP contribution in [0.25, 0.3) is 0 Å². The molecule has 134 valence electrons. The zero-order valence-corrected chi connectivity index (χ0v) is 14.9. The molecule has 0 unspecified atom stereocenters. The number of carbonyl (C=O) groups is 2. The molecule has 3 fully saturated rings. The third kappa shape index (κ3) is 2.16. The Bertz CT molecular complexity index is 730. The Kier molecular flexibility index (Phi) is 3.63. The van der Waals surface area contributed by atoms with Crippen molar-refractivity contribution in [3.8, 4) is 0 Å². The van der Waals surface area contributed by atoms with E-state index in [4.69, 9.17) is 0 Å². The number of aliphatic hydroxyl groups excluding tert-OH is 2. The minimum atomic E-state index is -0.509. The highest BCUT2D eigenvalue weighted by Gasteiger charge is 2.60. The molecule has 4 heteroatoms. The summed E-state index contributed by atoms with van der Waals surface area (Å²) in [6, 6.07) is 0. The van der Waals surface area contributed by atoms with Gasteiger partial charge in [0.25, 0.3) is 0 Å². The Hall–Kier alpha value is -1.68. The predicted molar refractivity (Wildman–Crippen MR) is 93.7 cm³/mol. The molecule has 0 saturated heterocycles. The molecular weight excluding hydrogens is 316 g/mol. The van der Waals surface area contributed by atoms with Crippen molar-refractivity contribution in [1.82, 2.24) is 0 Å². The molecule has 0 aliphatic heterocycles. The number of fused-ring (bicyclic) bond motifs is 5. The summed E-state index contributed by atoms with van der Waals surface area (Å²) in [6.07, 6.45) is 9.53. The largest absolute Gasteiger partial charge is 0.505 e. The van der Waals surface area contributed by atoms with Gasteiger partial charge in [-0.2, -0.15) is 0 Å². The maximum absolute atomic E-state index is 11.8. The molecule has 25 heavy (non-hydrogen) atoms. The van der Waals surface area contributed by atoms with Crippen LogP contribution in [0.4, 0.5) is 0 Å². The average molecular weight is 342 g/mol. The fourth-order valence-electron chi connectivity index (χ4n) is 6.63. The van der Waals surface area contributed by atoms with E-state index in [1.54, 1.807) is 12.2 Å². The lowest BCUT2D eigenvalue weighted by atomic mass is 9.47. The fourth-order valence-corrected chi connectivity index (χ4v) is 6.63. The fraction of sp³-hybridized carbons (Fsp3) is 0.619. The Balaban J connectivity index is 1.76. The summed E-state index contributed by atoms with van der Waals surface area (Å²) in [7, 11) is 0. The smallest absolute Gasteiger partial charge is 0.184 e. The highest BCUT2D eigenvalue weighted by molar-refractivity contribution is 6.01. The van der Waals surface area contributed by atoms with Gasteiger partial charge in [-0.3, -0.25) is 9.59 Å². The number of aliphatic hydroxyl groups is 2. The molecule has 4 rings (SSSR count). The zero-order valence-electron chi connectivity index (χ0n) is 14.9. The van der Waals surface area contributed by atoms with E-state index in [1.165, 1.54) is 0 Å². The summed E-state index contributed by atoms with van der Waals surface area (Å²) < 4.78 is 0. The first-order chi connectivity index (χ1) is 11.8. The van der Waals surface area contributed by atoms with Crippen LogP contribution in [-0.2, 0) is 9.59 Å². The molecule has 0 aromatic carbocycles. The number of carbonyl (C=O) groups excluding carboxylic acids is 2. The third-order valence-electron chi connectivity index (χ3n) is 7.70. The predicted octanol–water partition coefficient (Wildman–Crippen LogP) is 3.28. The Morgan fingerprint density at radius 2 is 2.04 bits per heavy atom. The summed E-state index contributed by atoms with van der Waals surface area (Å²) in [5.41, 5.74) is 1.40. The number of hydrogen-bond acceptors (Lipinski definition) is 4. The first-order valence-electron chi connectivity index (χ1n) is 9.31. The molecule has 2 N–H and O–H groups in total. The second kappa shape index (κ2) is 5.41. The van der Waals surface area contributed by atoms with E-state index in [-0.39, 0.29) is 28.3 Å². The summed E-state index contributed by atoms with van der Waals surface area (Å²) in [5.74, 6) is 0.699. The minimum Gasteiger partial charge on any atom is -0.505 e. The topological polar surface area (TPSA) is 74.6 Å². The van der Waals surface area contributed by atoms with E-state index in [1.807, 2.05) is 6.08 Å². The lowest BCUT2D eigenvalue weighted by molar-refractivity contribution is -0.112. The van der Waals surface area contributed by atoms with Crippen LogP contribution in [0.15, 0.2) is 35.1 Å². The highest BCUT2D eigenvalue weighted by atomic mass is 16.3. The van der Waals surface area contributed by atoms with Crippen LogP contribution in [0.3, 0.4) is 0 Å². The van der Waals surface area contributed by atoms with Crippen molar-refractivity contribution in [3.63, 3.8) is 0 Å². The normalized spacial score (nSPS) is 47.5. The van der Waals surface area contributed by atoms with E-state index in [9.17, 15) is 19.8 Å². The quantitative estimate of drug-likeness (QED) is 0.436. The maximum Gasteiger partial charge on any atom is 0.184 e. The van der Waals surface area contributed by atoms with Gasteiger partial charge < -0.3 is 10.2 Å². The van der Waals surface area contributed by atoms with E-state index >= 15 is 0 Å². The summed E-state index contributed by atoms with van der Waals surface area (Å²) in [5, 5.41) is 21.2. The van der Waals surface area contributed by atoms with Crippen LogP contribution in [0, 0.1) is 28.6 Å². The van der Waals surface area contributed by atoms with Crippen LogP contribution in [0.1, 0.15) is 46.0 Å². The number of aldehydes is 1. The molecule has 0 bridgehead atoms. The Labute approximate surface area is 148 Å². The molecule has 3 saturated carbocycles. The molecule has 0 amide bonds. The average Bonchev–Trinajstić information content (AvgIpc) is 2.91. The third-order valence-corrected chi connectivity index (χ3v) is 7.70. The highest BCUT2D eigenvalue weighted by Crippen LogP contribution is 2.66. The van der Waals surface area contributed by atoms with Gasteiger partial charge in [0.2, 0.25) is 0 Å². The van der Waals surface area contributed by atoms with Crippen molar-refractivity contribution < 1.29 is 19.8 Å². The number of hydrogen-bond donors (Lipinski definition) is 2. The van der Waals surface area contributed by atoms with Crippen molar-refractivity contribution in [2.24, 2.45) is 28.6 Å². The lowest BCUT2D eigenvalue weighted by Gasteiger charge is -2.58. The van der Waals surface area contributed by atoms with Crippen LogP contribution in [-0.4, -0.2) is 28.4 Å². The van der Waals surface area contributed by atoms with Crippen molar-refractivity contribution in [3.05, 3.63) is 35.1 Å². The van der Waals surface area contributed by atoms with E-state index in [2.05, 4.69) is 13.8 Å². The molecule has 6 atom stereocenters. The van der Waals surface area contributed by atoms with Crippen molar-refractivity contribution in [2.45, 2.75) is 52.1 Å². The molecule has 0 spiro atoms. The summed E-state index contributed by atoms with van der Waals surface area (Å²) in [4.78, 5) is 22.9. The van der Waals surface area contributed by atoms with Gasteiger partial charge in [0, 0.05) is 11.3 Å². The van der Waals surface area contributed by atoms with Crippen LogP contribution >= 0.6 is 0 Å². The van der Waals surface area contributed by atoms with E-state index in [0.717, 1.165) is 36.8 Å². The molecule has 0 radical (unpaired) electrons. The van der Waals surface area contributed by atoms with Gasteiger partial charge in [0.15, 0.2) is 17.8 Å². The summed E-state index contributed by atoms with van der Waals surface area (Å²) in [6.45, 7) is 4.26. The minimum absolute atomic E-state index is 0.0445. The van der Waals surface area contributed by atoms with Crippen LogP contribution in [0.5, 0.6) is 0 Å². The number of rotatable bonds is 1. The molecule has 0 aromatic rings. The van der Waals surface area contributed by atoms with Crippen LogP contribution < -0.4 is 0 Å².